The zero-order valence-electron chi connectivity index (χ0n) is 8.73. The SMILES string of the molecule is Cc1csc(Sc2ccc(C(=N)N)cc2)n1. The summed E-state index contributed by atoms with van der Waals surface area (Å²) in [6, 6.07) is 7.62. The molecule has 0 aliphatic carbocycles. The molecule has 1 aromatic heterocycles. The molecule has 0 aliphatic rings. The fourth-order valence-electron chi connectivity index (χ4n) is 1.18. The van der Waals surface area contributed by atoms with Crippen LogP contribution in [-0.4, -0.2) is 10.8 Å². The highest BCUT2D eigenvalue weighted by molar-refractivity contribution is 8.01. The van der Waals surface area contributed by atoms with E-state index in [1.54, 1.807) is 23.1 Å². The lowest BCUT2D eigenvalue weighted by molar-refractivity contribution is 1.16. The minimum absolute atomic E-state index is 0.0987. The van der Waals surface area contributed by atoms with Gasteiger partial charge in [-0.3, -0.25) is 5.41 Å². The Kier molecular flexibility index (Phi) is 3.26. The second-order valence-corrected chi connectivity index (χ2v) is 5.47. The van der Waals surface area contributed by atoms with Crippen molar-refractivity contribution in [3.05, 3.63) is 40.9 Å². The van der Waals surface area contributed by atoms with Gasteiger partial charge in [-0.1, -0.05) is 23.9 Å². The van der Waals surface area contributed by atoms with Gasteiger partial charge in [-0.2, -0.15) is 0 Å². The largest absolute Gasteiger partial charge is 0.384 e. The number of nitrogens with one attached hydrogen (secondary N) is 1. The van der Waals surface area contributed by atoms with E-state index in [9.17, 15) is 0 Å². The Labute approximate surface area is 102 Å². The molecule has 0 atom stereocenters. The van der Waals surface area contributed by atoms with Crippen LogP contribution in [0.4, 0.5) is 0 Å². The van der Waals surface area contributed by atoms with Gasteiger partial charge < -0.3 is 5.73 Å². The topological polar surface area (TPSA) is 62.8 Å². The molecule has 5 heteroatoms. The van der Waals surface area contributed by atoms with Gasteiger partial charge in [0, 0.05) is 21.5 Å². The number of benzene rings is 1. The first-order chi connectivity index (χ1) is 7.65. The molecule has 1 heterocycles. The second-order valence-electron chi connectivity index (χ2n) is 3.29. The average molecular weight is 249 g/mol. The third-order valence-electron chi connectivity index (χ3n) is 1.97. The third-order valence-corrected chi connectivity index (χ3v) is 4.03. The number of aryl methyl sites for hydroxylation is 1. The molecule has 0 saturated heterocycles. The van der Waals surface area contributed by atoms with E-state index in [1.165, 1.54) is 0 Å². The van der Waals surface area contributed by atoms with Crippen molar-refractivity contribution in [2.75, 3.05) is 0 Å². The van der Waals surface area contributed by atoms with Crippen molar-refractivity contribution in [3.8, 4) is 0 Å². The quantitative estimate of drug-likeness (QED) is 0.649. The maximum Gasteiger partial charge on any atom is 0.154 e. The molecule has 2 aromatic rings. The molecule has 0 saturated carbocycles. The summed E-state index contributed by atoms with van der Waals surface area (Å²) < 4.78 is 1.04. The fourth-order valence-corrected chi connectivity index (χ4v) is 2.99. The minimum Gasteiger partial charge on any atom is -0.384 e. The lowest BCUT2D eigenvalue weighted by Crippen LogP contribution is -2.10. The Morgan fingerprint density at radius 3 is 2.56 bits per heavy atom. The standard InChI is InChI=1S/C11H11N3S2/c1-7-6-15-11(14-7)16-9-4-2-8(3-5-9)10(12)13/h2-6H,1H3,(H3,12,13). The Morgan fingerprint density at radius 1 is 1.38 bits per heavy atom. The molecule has 0 spiro atoms. The first-order valence-electron chi connectivity index (χ1n) is 4.69. The molecular formula is C11H11N3S2. The summed E-state index contributed by atoms with van der Waals surface area (Å²) in [7, 11) is 0. The van der Waals surface area contributed by atoms with E-state index >= 15 is 0 Å². The van der Waals surface area contributed by atoms with E-state index in [2.05, 4.69) is 4.98 Å². The Morgan fingerprint density at radius 2 is 2.06 bits per heavy atom. The Hall–Kier alpha value is -1.33. The average Bonchev–Trinajstić information content (AvgIpc) is 2.65. The summed E-state index contributed by atoms with van der Waals surface area (Å²) in [5.74, 6) is 0.0987. The third kappa shape index (κ3) is 2.62. The van der Waals surface area contributed by atoms with E-state index in [0.29, 0.717) is 0 Å². The molecule has 3 nitrogen and oxygen atoms in total. The van der Waals surface area contributed by atoms with Crippen LogP contribution in [0.5, 0.6) is 0 Å². The molecule has 0 unspecified atom stereocenters. The molecule has 0 bridgehead atoms. The number of rotatable bonds is 3. The Bertz CT molecular complexity index is 502. The lowest BCUT2D eigenvalue weighted by Gasteiger charge is -2.00. The van der Waals surface area contributed by atoms with Crippen molar-refractivity contribution in [2.24, 2.45) is 5.73 Å². The normalized spacial score (nSPS) is 10.3. The molecule has 1 aromatic carbocycles. The lowest BCUT2D eigenvalue weighted by atomic mass is 10.2. The molecule has 0 fully saturated rings. The predicted molar refractivity (Wildman–Crippen MR) is 68.4 cm³/mol. The van der Waals surface area contributed by atoms with Crippen LogP contribution >= 0.6 is 23.1 Å². The summed E-state index contributed by atoms with van der Waals surface area (Å²) in [6.07, 6.45) is 0. The summed E-state index contributed by atoms with van der Waals surface area (Å²) in [5.41, 5.74) is 7.18. The summed E-state index contributed by atoms with van der Waals surface area (Å²) >= 11 is 3.26. The summed E-state index contributed by atoms with van der Waals surface area (Å²) in [5, 5.41) is 9.33. The molecular weight excluding hydrogens is 238 g/mol. The zero-order chi connectivity index (χ0) is 11.5. The van der Waals surface area contributed by atoms with Gasteiger partial charge >= 0.3 is 0 Å². The van der Waals surface area contributed by atoms with E-state index in [1.807, 2.05) is 36.6 Å². The molecule has 0 aliphatic heterocycles. The number of hydrogen-bond acceptors (Lipinski definition) is 4. The van der Waals surface area contributed by atoms with Gasteiger partial charge in [-0.25, -0.2) is 4.98 Å². The van der Waals surface area contributed by atoms with Gasteiger partial charge in [-0.15, -0.1) is 11.3 Å². The first-order valence-corrected chi connectivity index (χ1v) is 6.39. The number of amidine groups is 1. The first kappa shape index (κ1) is 11.2. The van der Waals surface area contributed by atoms with Crippen LogP contribution in [0.1, 0.15) is 11.3 Å². The molecule has 0 amide bonds. The van der Waals surface area contributed by atoms with Gasteiger partial charge in [0.05, 0.1) is 0 Å². The number of aromatic nitrogens is 1. The molecule has 0 radical (unpaired) electrons. The Balaban J connectivity index is 2.14. The van der Waals surface area contributed by atoms with Crippen LogP contribution in [0.2, 0.25) is 0 Å². The van der Waals surface area contributed by atoms with Crippen molar-refractivity contribution in [1.82, 2.24) is 4.98 Å². The summed E-state index contributed by atoms with van der Waals surface area (Å²) in [4.78, 5) is 5.49. The van der Waals surface area contributed by atoms with Crippen LogP contribution in [0, 0.1) is 12.3 Å². The van der Waals surface area contributed by atoms with Gasteiger partial charge in [0.15, 0.2) is 4.34 Å². The van der Waals surface area contributed by atoms with Crippen molar-refractivity contribution in [1.29, 1.82) is 5.41 Å². The van der Waals surface area contributed by atoms with Crippen molar-refractivity contribution < 1.29 is 0 Å². The summed E-state index contributed by atoms with van der Waals surface area (Å²) in [6.45, 7) is 1.99. The monoisotopic (exact) mass is 249 g/mol. The smallest absolute Gasteiger partial charge is 0.154 e. The predicted octanol–water partition coefficient (Wildman–Crippen LogP) is 2.89. The van der Waals surface area contributed by atoms with E-state index < -0.39 is 0 Å². The molecule has 82 valence electrons. The maximum atomic E-state index is 7.29. The van der Waals surface area contributed by atoms with Crippen LogP contribution in [0.25, 0.3) is 0 Å². The molecule has 2 rings (SSSR count). The van der Waals surface area contributed by atoms with Gasteiger partial charge in [0.2, 0.25) is 0 Å². The number of thiazole rings is 1. The van der Waals surface area contributed by atoms with Gasteiger partial charge in [0.1, 0.15) is 5.84 Å². The minimum atomic E-state index is 0.0987. The maximum absolute atomic E-state index is 7.29. The number of nitrogen functional groups attached to an aromatic ring is 1. The van der Waals surface area contributed by atoms with Crippen molar-refractivity contribution in [3.63, 3.8) is 0 Å². The molecule has 16 heavy (non-hydrogen) atoms. The van der Waals surface area contributed by atoms with Gasteiger partial charge in [0.25, 0.3) is 0 Å². The van der Waals surface area contributed by atoms with E-state index in [4.69, 9.17) is 11.1 Å². The highest BCUT2D eigenvalue weighted by Crippen LogP contribution is 2.30. The fraction of sp³-hybridized carbons (Fsp3) is 0.0909. The zero-order valence-corrected chi connectivity index (χ0v) is 10.4. The van der Waals surface area contributed by atoms with E-state index in [-0.39, 0.29) is 5.84 Å². The molecule has 3 N–H and O–H groups in total. The van der Waals surface area contributed by atoms with E-state index in [0.717, 1.165) is 20.5 Å². The highest BCUT2D eigenvalue weighted by atomic mass is 32.2. The van der Waals surface area contributed by atoms with Crippen molar-refractivity contribution in [2.45, 2.75) is 16.2 Å². The van der Waals surface area contributed by atoms with Crippen LogP contribution in [-0.2, 0) is 0 Å². The van der Waals surface area contributed by atoms with Crippen molar-refractivity contribution >= 4 is 28.9 Å². The number of nitrogens with two attached hydrogens (primary N) is 1. The van der Waals surface area contributed by atoms with Crippen LogP contribution in [0.15, 0.2) is 38.9 Å². The number of nitrogens with zero attached hydrogens (tertiary/aromatic N) is 1. The highest BCUT2D eigenvalue weighted by Gasteiger charge is 2.02. The van der Waals surface area contributed by atoms with Crippen LogP contribution in [0.3, 0.4) is 0 Å². The van der Waals surface area contributed by atoms with Crippen LogP contribution < -0.4 is 5.73 Å². The van der Waals surface area contributed by atoms with Gasteiger partial charge in [-0.05, 0) is 19.1 Å². The second kappa shape index (κ2) is 4.67. The number of hydrogen-bond donors (Lipinski definition) is 2.